The molecule has 1 saturated heterocycles. The van der Waals surface area contributed by atoms with Crippen LogP contribution in [0.3, 0.4) is 0 Å². The fraction of sp³-hybridized carbons (Fsp3) is 0.500. The number of likely N-dealkylation sites (tertiary alicyclic amines) is 1. The van der Waals surface area contributed by atoms with Gasteiger partial charge in [-0.1, -0.05) is 18.3 Å². The second-order valence-corrected chi connectivity index (χ2v) is 4.76. The third-order valence-corrected chi connectivity index (χ3v) is 3.40. The lowest BCUT2D eigenvalue weighted by Crippen LogP contribution is -2.32. The number of hydrogen-bond donors (Lipinski definition) is 2. The van der Waals surface area contributed by atoms with Crippen molar-refractivity contribution in [1.29, 1.82) is 0 Å². The second-order valence-electron chi connectivity index (χ2n) is 4.32. The molecule has 1 aromatic rings. The van der Waals surface area contributed by atoms with Crippen molar-refractivity contribution in [3.8, 4) is 0 Å². The zero-order valence-corrected chi connectivity index (χ0v) is 10.5. The molecular formula is C12H17N3OS. The van der Waals surface area contributed by atoms with Crippen LogP contribution in [0.4, 0.5) is 0 Å². The van der Waals surface area contributed by atoms with Crippen molar-refractivity contribution in [2.24, 2.45) is 5.73 Å². The van der Waals surface area contributed by atoms with Crippen molar-refractivity contribution >= 4 is 17.2 Å². The first-order chi connectivity index (χ1) is 8.22. The molecule has 2 heterocycles. The number of aliphatic hydroxyl groups excluding tert-OH is 1. The van der Waals surface area contributed by atoms with Crippen LogP contribution in [-0.4, -0.2) is 39.2 Å². The molecule has 0 spiro atoms. The Morgan fingerprint density at radius 3 is 3.18 bits per heavy atom. The van der Waals surface area contributed by atoms with Crippen molar-refractivity contribution < 1.29 is 5.11 Å². The van der Waals surface area contributed by atoms with Crippen LogP contribution in [0.1, 0.15) is 24.1 Å². The van der Waals surface area contributed by atoms with Gasteiger partial charge in [0.2, 0.25) is 0 Å². The summed E-state index contributed by atoms with van der Waals surface area (Å²) < 4.78 is 0. The lowest BCUT2D eigenvalue weighted by Gasteiger charge is -2.23. The molecule has 1 atom stereocenters. The smallest absolute Gasteiger partial charge is 0.123 e. The molecule has 1 aliphatic heterocycles. The van der Waals surface area contributed by atoms with E-state index >= 15 is 0 Å². The van der Waals surface area contributed by atoms with E-state index in [1.807, 2.05) is 12.1 Å². The third kappa shape index (κ3) is 2.80. The van der Waals surface area contributed by atoms with E-state index in [0.717, 1.165) is 31.5 Å². The zero-order valence-electron chi connectivity index (χ0n) is 9.67. The Morgan fingerprint density at radius 1 is 1.65 bits per heavy atom. The molecule has 1 fully saturated rings. The number of thiocarbonyl (C=S) groups is 1. The number of pyridine rings is 1. The average molecular weight is 251 g/mol. The number of nitrogens with two attached hydrogens (primary N) is 1. The summed E-state index contributed by atoms with van der Waals surface area (Å²) in [4.78, 5) is 6.81. The highest BCUT2D eigenvalue weighted by Gasteiger charge is 2.24. The number of hydrogen-bond acceptors (Lipinski definition) is 4. The Kier molecular flexibility index (Phi) is 4.04. The van der Waals surface area contributed by atoms with Gasteiger partial charge >= 0.3 is 0 Å². The first-order valence-electron chi connectivity index (χ1n) is 5.81. The Hall–Kier alpha value is -1.04. The molecule has 5 heteroatoms. The minimum absolute atomic E-state index is 0.211. The van der Waals surface area contributed by atoms with E-state index in [4.69, 9.17) is 18.0 Å². The van der Waals surface area contributed by atoms with E-state index in [1.165, 1.54) is 0 Å². The topological polar surface area (TPSA) is 62.4 Å². The summed E-state index contributed by atoms with van der Waals surface area (Å²) in [5, 5.41) is 9.29. The molecule has 17 heavy (non-hydrogen) atoms. The van der Waals surface area contributed by atoms with Crippen molar-refractivity contribution in [3.05, 3.63) is 29.6 Å². The molecule has 4 nitrogen and oxygen atoms in total. The van der Waals surface area contributed by atoms with Crippen LogP contribution in [0.15, 0.2) is 18.3 Å². The van der Waals surface area contributed by atoms with E-state index in [1.54, 1.807) is 6.20 Å². The molecule has 1 aromatic heterocycles. The van der Waals surface area contributed by atoms with Gasteiger partial charge in [0, 0.05) is 18.8 Å². The summed E-state index contributed by atoms with van der Waals surface area (Å²) in [6.07, 6.45) is 3.89. The van der Waals surface area contributed by atoms with Crippen LogP contribution in [0.2, 0.25) is 0 Å². The van der Waals surface area contributed by atoms with E-state index in [0.29, 0.717) is 10.7 Å². The van der Waals surface area contributed by atoms with Crippen LogP contribution >= 0.6 is 12.2 Å². The van der Waals surface area contributed by atoms with Crippen LogP contribution in [0.5, 0.6) is 0 Å². The summed E-state index contributed by atoms with van der Waals surface area (Å²) in [6, 6.07) is 4.14. The van der Waals surface area contributed by atoms with Crippen LogP contribution in [0, 0.1) is 0 Å². The maximum Gasteiger partial charge on any atom is 0.123 e. The number of aliphatic hydroxyl groups is 1. The number of rotatable bonds is 4. The van der Waals surface area contributed by atoms with Crippen molar-refractivity contribution in [3.63, 3.8) is 0 Å². The lowest BCUT2D eigenvalue weighted by atomic mass is 10.1. The lowest BCUT2D eigenvalue weighted by molar-refractivity contribution is 0.153. The molecule has 1 aliphatic rings. The van der Waals surface area contributed by atoms with Gasteiger partial charge in [0.05, 0.1) is 6.61 Å². The zero-order chi connectivity index (χ0) is 12.3. The number of nitrogens with zero attached hydrogens (tertiary/aromatic N) is 2. The minimum Gasteiger partial charge on any atom is -0.395 e. The fourth-order valence-corrected chi connectivity index (χ4v) is 2.50. The summed E-state index contributed by atoms with van der Waals surface area (Å²) in [6.45, 7) is 1.98. The van der Waals surface area contributed by atoms with Gasteiger partial charge in [-0.2, -0.15) is 0 Å². The predicted molar refractivity (Wildman–Crippen MR) is 70.6 cm³/mol. The Bertz CT molecular complexity index is 410. The normalized spacial score (nSPS) is 20.6. The molecule has 0 aromatic carbocycles. The van der Waals surface area contributed by atoms with Crippen molar-refractivity contribution in [2.75, 3.05) is 13.2 Å². The first kappa shape index (κ1) is 12.4. The molecule has 0 aliphatic carbocycles. The summed E-state index contributed by atoms with van der Waals surface area (Å²) in [5.41, 5.74) is 7.40. The number of aromatic nitrogens is 1. The maximum atomic E-state index is 9.29. The highest BCUT2D eigenvalue weighted by molar-refractivity contribution is 7.80. The maximum absolute atomic E-state index is 9.29. The SMILES string of the molecule is NC(=S)c1ncccc1CN1CCCC1CO. The summed E-state index contributed by atoms with van der Waals surface area (Å²) in [7, 11) is 0. The third-order valence-electron chi connectivity index (χ3n) is 3.21. The molecule has 1 unspecified atom stereocenters. The van der Waals surface area contributed by atoms with Gasteiger partial charge in [0.1, 0.15) is 10.7 Å². The minimum atomic E-state index is 0.211. The fourth-order valence-electron chi connectivity index (χ4n) is 2.32. The van der Waals surface area contributed by atoms with Gasteiger partial charge in [0.25, 0.3) is 0 Å². The van der Waals surface area contributed by atoms with Crippen LogP contribution in [0.25, 0.3) is 0 Å². The molecule has 3 N–H and O–H groups in total. The summed E-state index contributed by atoms with van der Waals surface area (Å²) in [5.74, 6) is 0. The first-order valence-corrected chi connectivity index (χ1v) is 6.22. The van der Waals surface area contributed by atoms with Crippen LogP contribution in [-0.2, 0) is 6.54 Å². The van der Waals surface area contributed by atoms with E-state index in [2.05, 4.69) is 9.88 Å². The van der Waals surface area contributed by atoms with Gasteiger partial charge in [-0.15, -0.1) is 0 Å². The molecule has 2 rings (SSSR count). The highest BCUT2D eigenvalue weighted by atomic mass is 32.1. The molecule has 0 amide bonds. The van der Waals surface area contributed by atoms with E-state index < -0.39 is 0 Å². The van der Waals surface area contributed by atoms with Crippen molar-refractivity contribution in [1.82, 2.24) is 9.88 Å². The Labute approximate surface area is 106 Å². The van der Waals surface area contributed by atoms with Gasteiger partial charge < -0.3 is 10.8 Å². The van der Waals surface area contributed by atoms with Gasteiger partial charge in [-0.25, -0.2) is 0 Å². The largest absolute Gasteiger partial charge is 0.395 e. The summed E-state index contributed by atoms with van der Waals surface area (Å²) >= 11 is 5.00. The average Bonchev–Trinajstić information content (AvgIpc) is 2.77. The molecular weight excluding hydrogens is 234 g/mol. The molecule has 0 saturated carbocycles. The van der Waals surface area contributed by atoms with E-state index in [9.17, 15) is 5.11 Å². The van der Waals surface area contributed by atoms with Gasteiger partial charge in [-0.05, 0) is 31.0 Å². The molecule has 92 valence electrons. The molecule has 0 radical (unpaired) electrons. The Morgan fingerprint density at radius 2 is 2.47 bits per heavy atom. The molecule has 0 bridgehead atoms. The second kappa shape index (κ2) is 5.53. The van der Waals surface area contributed by atoms with Crippen molar-refractivity contribution in [2.45, 2.75) is 25.4 Å². The standard InChI is InChI=1S/C12H17N3OS/c13-12(17)11-9(3-1-5-14-11)7-15-6-2-4-10(15)8-16/h1,3,5,10,16H,2,4,6-8H2,(H2,13,17). The Balaban J connectivity index is 2.15. The van der Waals surface area contributed by atoms with Gasteiger partial charge in [-0.3, -0.25) is 9.88 Å². The van der Waals surface area contributed by atoms with Gasteiger partial charge in [0.15, 0.2) is 0 Å². The van der Waals surface area contributed by atoms with Crippen LogP contribution < -0.4 is 5.73 Å². The quantitative estimate of drug-likeness (QED) is 0.770. The predicted octanol–water partition coefficient (Wildman–Crippen LogP) is 0.672. The monoisotopic (exact) mass is 251 g/mol. The highest BCUT2D eigenvalue weighted by Crippen LogP contribution is 2.20. The van der Waals surface area contributed by atoms with E-state index in [-0.39, 0.29) is 12.6 Å².